The third kappa shape index (κ3) is 4.17. The zero-order valence-corrected chi connectivity index (χ0v) is 20.4. The maximum atomic E-state index is 12.7. The van der Waals surface area contributed by atoms with Crippen LogP contribution in [0.1, 0.15) is 6.92 Å². The van der Waals surface area contributed by atoms with Gasteiger partial charge in [0.15, 0.2) is 11.5 Å². The topological polar surface area (TPSA) is 121 Å². The molecule has 0 saturated carbocycles. The molecule has 0 aliphatic carbocycles. The highest BCUT2D eigenvalue weighted by molar-refractivity contribution is 7.94. The van der Waals surface area contributed by atoms with E-state index in [1.807, 2.05) is 53.2 Å². The summed E-state index contributed by atoms with van der Waals surface area (Å²) in [5, 5.41) is 10.3. The number of nitrogens with zero attached hydrogens (tertiary/aromatic N) is 6. The van der Waals surface area contributed by atoms with Gasteiger partial charge in [-0.15, -0.1) is 0 Å². The molecular formula is C25H24N8O2S. The van der Waals surface area contributed by atoms with Crippen LogP contribution in [0.4, 0.5) is 17.2 Å². The zero-order chi connectivity index (χ0) is 24.7. The Morgan fingerprint density at radius 1 is 1.11 bits per heavy atom. The van der Waals surface area contributed by atoms with Crippen LogP contribution in [-0.4, -0.2) is 59.3 Å². The number of benzene rings is 2. The summed E-state index contributed by atoms with van der Waals surface area (Å²) in [6.45, 7) is 2.55. The Bertz CT molecular complexity index is 1690. The van der Waals surface area contributed by atoms with Crippen molar-refractivity contribution in [2.45, 2.75) is 6.92 Å². The molecule has 11 heteroatoms. The fraction of sp³-hybridized carbons (Fsp3) is 0.200. The van der Waals surface area contributed by atoms with Gasteiger partial charge in [-0.2, -0.15) is 9.46 Å². The summed E-state index contributed by atoms with van der Waals surface area (Å²) in [5.74, 6) is 1.10. The Balaban J connectivity index is 1.25. The van der Waals surface area contributed by atoms with Crippen LogP contribution >= 0.6 is 0 Å². The highest BCUT2D eigenvalue weighted by Gasteiger charge is 2.21. The number of carbonyl (C=O) groups excluding carboxylic acids is 1. The SMILES string of the molecule is CC(=O)N=S1(=O)CCN(c2ccc(Nc3nc4ccc(-c5cn[nH]c5)cc4n4ccnc34)cc2)CC1. The monoisotopic (exact) mass is 500 g/mol. The van der Waals surface area contributed by atoms with Crippen LogP contribution in [0.3, 0.4) is 0 Å². The Morgan fingerprint density at radius 2 is 1.92 bits per heavy atom. The first-order valence-electron chi connectivity index (χ1n) is 11.6. The number of anilines is 3. The van der Waals surface area contributed by atoms with Gasteiger partial charge in [0.2, 0.25) is 0 Å². The molecular weight excluding hydrogens is 476 g/mol. The van der Waals surface area contributed by atoms with E-state index in [0.29, 0.717) is 30.4 Å². The average molecular weight is 501 g/mol. The molecule has 2 N–H and O–H groups in total. The lowest BCUT2D eigenvalue weighted by Crippen LogP contribution is -2.40. The van der Waals surface area contributed by atoms with E-state index in [9.17, 15) is 9.00 Å². The molecule has 6 rings (SSSR count). The van der Waals surface area contributed by atoms with E-state index in [0.717, 1.165) is 39.2 Å². The number of fused-ring (bicyclic) bond motifs is 3. The molecule has 0 unspecified atom stereocenters. The molecule has 5 aromatic rings. The second-order valence-electron chi connectivity index (χ2n) is 8.72. The smallest absolute Gasteiger partial charge is 0.250 e. The molecule has 3 aromatic heterocycles. The van der Waals surface area contributed by atoms with Gasteiger partial charge in [-0.1, -0.05) is 6.07 Å². The maximum absolute atomic E-state index is 12.7. The number of hydrogen-bond acceptors (Lipinski definition) is 7. The third-order valence-corrected chi connectivity index (χ3v) is 8.53. The van der Waals surface area contributed by atoms with Crippen molar-refractivity contribution in [3.63, 3.8) is 0 Å². The molecule has 1 fully saturated rings. The van der Waals surface area contributed by atoms with Gasteiger partial charge in [0.1, 0.15) is 0 Å². The van der Waals surface area contributed by atoms with Gasteiger partial charge < -0.3 is 10.2 Å². The minimum absolute atomic E-state index is 0.365. The second kappa shape index (κ2) is 8.76. The molecule has 182 valence electrons. The summed E-state index contributed by atoms with van der Waals surface area (Å²) >= 11 is 0. The van der Waals surface area contributed by atoms with Crippen molar-refractivity contribution >= 4 is 49.5 Å². The van der Waals surface area contributed by atoms with E-state index in [-0.39, 0.29) is 5.91 Å². The number of amides is 1. The van der Waals surface area contributed by atoms with Crippen LogP contribution in [-0.2, 0) is 14.5 Å². The number of rotatable bonds is 4. The van der Waals surface area contributed by atoms with E-state index in [1.165, 1.54) is 6.92 Å². The molecule has 36 heavy (non-hydrogen) atoms. The van der Waals surface area contributed by atoms with Crippen molar-refractivity contribution in [1.82, 2.24) is 24.6 Å². The molecule has 1 aliphatic heterocycles. The van der Waals surface area contributed by atoms with Crippen molar-refractivity contribution in [2.24, 2.45) is 4.36 Å². The molecule has 1 amide bonds. The van der Waals surface area contributed by atoms with Gasteiger partial charge in [-0.05, 0) is 42.0 Å². The molecule has 1 aliphatic rings. The first-order chi connectivity index (χ1) is 17.5. The highest BCUT2D eigenvalue weighted by Crippen LogP contribution is 2.28. The number of carbonyl (C=O) groups is 1. The van der Waals surface area contributed by atoms with Crippen molar-refractivity contribution in [3.8, 4) is 11.1 Å². The van der Waals surface area contributed by atoms with E-state index in [4.69, 9.17) is 4.98 Å². The van der Waals surface area contributed by atoms with Crippen LogP contribution in [0.15, 0.2) is 71.6 Å². The lowest BCUT2D eigenvalue weighted by atomic mass is 10.1. The quantitative estimate of drug-likeness (QED) is 0.384. The predicted octanol–water partition coefficient (Wildman–Crippen LogP) is 3.85. The molecule has 0 atom stereocenters. The number of hydrogen-bond donors (Lipinski definition) is 2. The fourth-order valence-electron chi connectivity index (χ4n) is 4.52. The zero-order valence-electron chi connectivity index (χ0n) is 19.6. The largest absolute Gasteiger partial charge is 0.370 e. The summed E-state index contributed by atoms with van der Waals surface area (Å²) in [6, 6.07) is 14.2. The van der Waals surface area contributed by atoms with Crippen LogP contribution < -0.4 is 10.2 Å². The first-order valence-corrected chi connectivity index (χ1v) is 13.4. The minimum Gasteiger partial charge on any atom is -0.370 e. The summed E-state index contributed by atoms with van der Waals surface area (Å²) in [5.41, 5.74) is 6.52. The van der Waals surface area contributed by atoms with Gasteiger partial charge in [-0.25, -0.2) is 14.2 Å². The minimum atomic E-state index is -2.43. The predicted molar refractivity (Wildman–Crippen MR) is 141 cm³/mol. The van der Waals surface area contributed by atoms with Gasteiger partial charge in [0.25, 0.3) is 5.91 Å². The summed E-state index contributed by atoms with van der Waals surface area (Å²) < 4.78 is 18.5. The fourth-order valence-corrected chi connectivity index (χ4v) is 6.39. The van der Waals surface area contributed by atoms with Crippen molar-refractivity contribution in [3.05, 3.63) is 67.3 Å². The van der Waals surface area contributed by atoms with Gasteiger partial charge in [0, 0.05) is 67.0 Å². The van der Waals surface area contributed by atoms with Crippen LogP contribution in [0, 0.1) is 0 Å². The molecule has 1 saturated heterocycles. The Morgan fingerprint density at radius 3 is 2.64 bits per heavy atom. The lowest BCUT2D eigenvalue weighted by Gasteiger charge is -2.30. The molecule has 0 spiro atoms. The molecule has 4 heterocycles. The Kier molecular flexibility index (Phi) is 5.41. The molecule has 0 bridgehead atoms. The highest BCUT2D eigenvalue weighted by atomic mass is 32.2. The normalized spacial score (nSPS) is 15.3. The summed E-state index contributed by atoms with van der Waals surface area (Å²) in [4.78, 5) is 22.8. The number of aromatic amines is 1. The maximum Gasteiger partial charge on any atom is 0.250 e. The van der Waals surface area contributed by atoms with Gasteiger partial charge >= 0.3 is 0 Å². The summed E-state index contributed by atoms with van der Waals surface area (Å²) in [7, 11) is -2.43. The van der Waals surface area contributed by atoms with Crippen LogP contribution in [0.5, 0.6) is 0 Å². The Labute approximate surface area is 207 Å². The van der Waals surface area contributed by atoms with Crippen LogP contribution in [0.25, 0.3) is 27.8 Å². The van der Waals surface area contributed by atoms with Crippen molar-refractivity contribution in [2.75, 3.05) is 34.8 Å². The standard InChI is InChI=1S/C25H24N8O2S/c1-17(34)31-36(35)12-10-32(11-13-36)21-5-3-20(4-6-21)29-24-25-26-8-9-33(25)23-14-18(2-7-22(23)30-24)19-15-27-28-16-19/h2-9,14-16H,10-13H2,1H3,(H,27,28)(H,29,30). The van der Waals surface area contributed by atoms with Crippen LogP contribution in [0.2, 0.25) is 0 Å². The number of H-pyrrole nitrogens is 1. The summed E-state index contributed by atoms with van der Waals surface area (Å²) in [6.07, 6.45) is 7.35. The van der Waals surface area contributed by atoms with Crippen molar-refractivity contribution in [1.29, 1.82) is 0 Å². The Hall–Kier alpha value is -4.25. The molecule has 2 aromatic carbocycles. The molecule has 0 radical (unpaired) electrons. The van der Waals surface area contributed by atoms with E-state index < -0.39 is 9.73 Å². The number of nitrogens with one attached hydrogen (secondary N) is 2. The number of imidazole rings is 1. The van der Waals surface area contributed by atoms with Gasteiger partial charge in [-0.3, -0.25) is 14.3 Å². The second-order valence-corrected chi connectivity index (χ2v) is 11.3. The third-order valence-electron chi connectivity index (χ3n) is 6.30. The van der Waals surface area contributed by atoms with E-state index >= 15 is 0 Å². The molecule has 10 nitrogen and oxygen atoms in total. The first kappa shape index (κ1) is 22.2. The van der Waals surface area contributed by atoms with E-state index in [2.05, 4.69) is 35.8 Å². The van der Waals surface area contributed by atoms with Crippen molar-refractivity contribution < 1.29 is 9.00 Å². The average Bonchev–Trinajstić information content (AvgIpc) is 3.57. The van der Waals surface area contributed by atoms with E-state index in [1.54, 1.807) is 12.4 Å². The van der Waals surface area contributed by atoms with Gasteiger partial charge in [0.05, 0.1) is 27.0 Å². The number of aromatic nitrogens is 5. The lowest BCUT2D eigenvalue weighted by molar-refractivity contribution is -0.115.